The maximum Gasteiger partial charge on any atom is 0.305 e. The molecule has 0 unspecified atom stereocenters. The minimum Gasteiger partial charge on any atom is -0.481 e. The van der Waals surface area contributed by atoms with Crippen LogP contribution in [0.5, 0.6) is 0 Å². The third-order valence-electron chi connectivity index (χ3n) is 1.30. The van der Waals surface area contributed by atoms with E-state index >= 15 is 0 Å². The molecule has 0 bridgehead atoms. The van der Waals surface area contributed by atoms with Crippen LogP contribution in [0.25, 0.3) is 0 Å². The Labute approximate surface area is 83.3 Å². The third-order valence-corrected chi connectivity index (χ3v) is 1.88. The number of hydrogen-bond acceptors (Lipinski definition) is 4. The third kappa shape index (κ3) is 3.37. The lowest BCUT2D eigenvalue weighted by atomic mass is 10.4. The van der Waals surface area contributed by atoms with Gasteiger partial charge in [0.2, 0.25) is 0 Å². The molecule has 13 heavy (non-hydrogen) atoms. The van der Waals surface area contributed by atoms with Gasteiger partial charge in [0.15, 0.2) is 0 Å². The summed E-state index contributed by atoms with van der Waals surface area (Å²) in [7, 11) is 0. The number of nitrogens with one attached hydrogen (secondary N) is 1. The van der Waals surface area contributed by atoms with Gasteiger partial charge in [-0.05, 0) is 15.9 Å². The number of carboxylic acid groups (broad SMARTS) is 1. The largest absolute Gasteiger partial charge is 0.481 e. The summed E-state index contributed by atoms with van der Waals surface area (Å²) in [5.74, 6) is -0.228. The lowest BCUT2D eigenvalue weighted by Crippen LogP contribution is -2.08. The normalized spacial score (nSPS) is 9.62. The Morgan fingerprint density at radius 3 is 3.08 bits per heavy atom. The fraction of sp³-hybridized carbons (Fsp3) is 0.286. The van der Waals surface area contributed by atoms with Crippen molar-refractivity contribution in [3.05, 3.63) is 17.0 Å². The van der Waals surface area contributed by atoms with E-state index in [1.54, 1.807) is 6.20 Å². The van der Waals surface area contributed by atoms with Gasteiger partial charge >= 0.3 is 5.97 Å². The van der Waals surface area contributed by atoms with Gasteiger partial charge in [0.1, 0.15) is 12.1 Å². The van der Waals surface area contributed by atoms with Crippen molar-refractivity contribution in [2.75, 3.05) is 11.9 Å². The van der Waals surface area contributed by atoms with Crippen LogP contribution < -0.4 is 5.32 Å². The van der Waals surface area contributed by atoms with Crippen molar-refractivity contribution in [3.63, 3.8) is 0 Å². The van der Waals surface area contributed by atoms with E-state index in [1.165, 1.54) is 6.33 Å². The van der Waals surface area contributed by atoms with Crippen molar-refractivity contribution in [2.24, 2.45) is 0 Å². The number of carbonyl (C=O) groups is 1. The van der Waals surface area contributed by atoms with Crippen LogP contribution in [0, 0.1) is 0 Å². The standard InChI is InChI=1S/C7H8BrN3O2/c8-5-3-9-4-11-7(5)10-2-1-6(12)13/h3-4H,1-2H2,(H,12,13)(H,9,10,11). The molecule has 0 aliphatic rings. The molecule has 6 heteroatoms. The van der Waals surface area contributed by atoms with Gasteiger partial charge in [0.25, 0.3) is 0 Å². The van der Waals surface area contributed by atoms with E-state index in [0.717, 1.165) is 4.47 Å². The lowest BCUT2D eigenvalue weighted by molar-refractivity contribution is -0.136. The van der Waals surface area contributed by atoms with Gasteiger partial charge in [0.05, 0.1) is 10.9 Å². The van der Waals surface area contributed by atoms with E-state index in [0.29, 0.717) is 12.4 Å². The number of aliphatic carboxylic acids is 1. The highest BCUT2D eigenvalue weighted by atomic mass is 79.9. The maximum absolute atomic E-state index is 10.2. The summed E-state index contributed by atoms with van der Waals surface area (Å²) in [5.41, 5.74) is 0. The zero-order valence-corrected chi connectivity index (χ0v) is 8.28. The van der Waals surface area contributed by atoms with Gasteiger partial charge in [-0.1, -0.05) is 0 Å². The Morgan fingerprint density at radius 1 is 1.69 bits per heavy atom. The highest BCUT2D eigenvalue weighted by Crippen LogP contribution is 2.16. The van der Waals surface area contributed by atoms with Gasteiger partial charge < -0.3 is 10.4 Å². The molecule has 1 aromatic rings. The highest BCUT2D eigenvalue weighted by molar-refractivity contribution is 9.10. The summed E-state index contributed by atoms with van der Waals surface area (Å²) in [4.78, 5) is 17.9. The number of anilines is 1. The van der Waals surface area contributed by atoms with Crippen LogP contribution in [-0.2, 0) is 4.79 Å². The van der Waals surface area contributed by atoms with E-state index in [2.05, 4.69) is 31.2 Å². The van der Waals surface area contributed by atoms with Crippen LogP contribution in [0.1, 0.15) is 6.42 Å². The van der Waals surface area contributed by atoms with Gasteiger partial charge in [-0.3, -0.25) is 4.79 Å². The smallest absolute Gasteiger partial charge is 0.305 e. The predicted molar refractivity (Wildman–Crippen MR) is 50.5 cm³/mol. The molecule has 0 fully saturated rings. The fourth-order valence-electron chi connectivity index (χ4n) is 0.731. The van der Waals surface area contributed by atoms with Gasteiger partial charge in [-0.25, -0.2) is 9.97 Å². The molecule has 5 nitrogen and oxygen atoms in total. The second-order valence-corrected chi connectivity index (χ2v) is 3.14. The van der Waals surface area contributed by atoms with E-state index in [4.69, 9.17) is 5.11 Å². The molecular formula is C7H8BrN3O2. The second kappa shape index (κ2) is 4.76. The Hall–Kier alpha value is -1.17. The molecule has 70 valence electrons. The maximum atomic E-state index is 10.2. The summed E-state index contributed by atoms with van der Waals surface area (Å²) in [6.45, 7) is 0.352. The van der Waals surface area contributed by atoms with E-state index in [-0.39, 0.29) is 6.42 Å². The molecule has 1 rings (SSSR count). The van der Waals surface area contributed by atoms with E-state index < -0.39 is 5.97 Å². The number of nitrogens with zero attached hydrogens (tertiary/aromatic N) is 2. The first-order valence-electron chi connectivity index (χ1n) is 3.61. The lowest BCUT2D eigenvalue weighted by Gasteiger charge is -2.03. The predicted octanol–water partition coefficient (Wildman–Crippen LogP) is 1.13. The summed E-state index contributed by atoms with van der Waals surface area (Å²) < 4.78 is 0.723. The van der Waals surface area contributed by atoms with Crippen molar-refractivity contribution in [2.45, 2.75) is 6.42 Å². The molecule has 1 heterocycles. The molecule has 2 N–H and O–H groups in total. The van der Waals surface area contributed by atoms with Crippen molar-refractivity contribution < 1.29 is 9.90 Å². The fourth-order valence-corrected chi connectivity index (χ4v) is 1.09. The molecule has 0 aliphatic carbocycles. The van der Waals surface area contributed by atoms with Gasteiger partial charge in [0, 0.05) is 12.7 Å². The van der Waals surface area contributed by atoms with Crippen LogP contribution in [-0.4, -0.2) is 27.6 Å². The minimum absolute atomic E-state index is 0.0659. The number of rotatable bonds is 4. The molecule has 1 aromatic heterocycles. The number of halogens is 1. The molecule has 0 saturated heterocycles. The summed E-state index contributed by atoms with van der Waals surface area (Å²) in [5, 5.41) is 11.2. The molecule has 0 amide bonds. The van der Waals surface area contributed by atoms with E-state index in [1.807, 2.05) is 0 Å². The molecule has 0 radical (unpaired) electrons. The zero-order valence-electron chi connectivity index (χ0n) is 6.70. The van der Waals surface area contributed by atoms with Crippen LogP contribution in [0.3, 0.4) is 0 Å². The number of hydrogen-bond donors (Lipinski definition) is 2. The summed E-state index contributed by atoms with van der Waals surface area (Å²) in [6.07, 6.45) is 3.06. The SMILES string of the molecule is O=C(O)CCNc1ncncc1Br. The molecule has 0 aliphatic heterocycles. The van der Waals surface area contributed by atoms with Crippen LogP contribution >= 0.6 is 15.9 Å². The average molecular weight is 246 g/mol. The summed E-state index contributed by atoms with van der Waals surface area (Å²) in [6, 6.07) is 0. The van der Waals surface area contributed by atoms with Crippen molar-refractivity contribution >= 4 is 27.7 Å². The number of aromatic nitrogens is 2. The second-order valence-electron chi connectivity index (χ2n) is 2.29. The summed E-state index contributed by atoms with van der Waals surface area (Å²) >= 11 is 3.23. The van der Waals surface area contributed by atoms with Crippen LogP contribution in [0.2, 0.25) is 0 Å². The number of carboxylic acids is 1. The Balaban J connectivity index is 2.45. The Bertz CT molecular complexity index is 306. The molecular weight excluding hydrogens is 238 g/mol. The Morgan fingerprint density at radius 2 is 2.46 bits per heavy atom. The molecule has 0 atom stereocenters. The minimum atomic E-state index is -0.835. The van der Waals surface area contributed by atoms with Gasteiger partial charge in [-0.15, -0.1) is 0 Å². The molecule has 0 spiro atoms. The van der Waals surface area contributed by atoms with E-state index in [9.17, 15) is 4.79 Å². The van der Waals surface area contributed by atoms with Crippen molar-refractivity contribution in [3.8, 4) is 0 Å². The molecule has 0 aromatic carbocycles. The first-order chi connectivity index (χ1) is 6.20. The van der Waals surface area contributed by atoms with Crippen molar-refractivity contribution in [1.82, 2.24) is 9.97 Å². The highest BCUT2D eigenvalue weighted by Gasteiger charge is 2.00. The van der Waals surface area contributed by atoms with Crippen LogP contribution in [0.4, 0.5) is 5.82 Å². The van der Waals surface area contributed by atoms with Gasteiger partial charge in [-0.2, -0.15) is 0 Å². The van der Waals surface area contributed by atoms with Crippen molar-refractivity contribution in [1.29, 1.82) is 0 Å². The monoisotopic (exact) mass is 245 g/mol. The quantitative estimate of drug-likeness (QED) is 0.832. The topological polar surface area (TPSA) is 75.1 Å². The average Bonchev–Trinajstić information content (AvgIpc) is 2.08. The first kappa shape index (κ1) is 9.91. The zero-order chi connectivity index (χ0) is 9.68. The Kier molecular flexibility index (Phi) is 3.63. The first-order valence-corrected chi connectivity index (χ1v) is 4.40. The molecule has 0 saturated carbocycles. The van der Waals surface area contributed by atoms with Crippen LogP contribution in [0.15, 0.2) is 17.0 Å².